The van der Waals surface area contributed by atoms with Gasteiger partial charge in [0.15, 0.2) is 5.15 Å². The van der Waals surface area contributed by atoms with Gasteiger partial charge in [-0.15, -0.1) is 10.2 Å². The Kier molecular flexibility index (Phi) is 3.94. The predicted octanol–water partition coefficient (Wildman–Crippen LogP) is 2.79. The number of nitrogens with zero attached hydrogens (tertiary/aromatic N) is 4. The second-order valence-corrected chi connectivity index (χ2v) is 5.30. The van der Waals surface area contributed by atoms with E-state index >= 15 is 0 Å². The molecular formula is C8H7ClIN4OP. The summed E-state index contributed by atoms with van der Waals surface area (Å²) in [6.45, 7) is 0. The molecule has 0 spiro atoms. The normalized spacial score (nSPS) is 11.2. The predicted molar refractivity (Wildman–Crippen MR) is 72.5 cm³/mol. The van der Waals surface area contributed by atoms with E-state index in [1.54, 1.807) is 19.4 Å². The van der Waals surface area contributed by atoms with Gasteiger partial charge in [0.1, 0.15) is 11.4 Å². The summed E-state index contributed by atoms with van der Waals surface area (Å²) in [6, 6.07) is 1.63. The SMILES string of the molecule is COc1cc(Cl)nnc1-c1cnn(PI)c1. The van der Waals surface area contributed by atoms with E-state index in [4.69, 9.17) is 16.3 Å². The first kappa shape index (κ1) is 12.0. The number of ether oxygens (including phenoxy) is 1. The summed E-state index contributed by atoms with van der Waals surface area (Å²) >= 11 is 7.99. The van der Waals surface area contributed by atoms with Crippen molar-refractivity contribution in [2.75, 3.05) is 7.11 Å². The number of rotatable bonds is 3. The van der Waals surface area contributed by atoms with E-state index in [0.29, 0.717) is 23.0 Å². The number of halogens is 2. The van der Waals surface area contributed by atoms with Crippen molar-refractivity contribution in [2.24, 2.45) is 0 Å². The molecule has 2 aromatic heterocycles. The first-order valence-electron chi connectivity index (χ1n) is 4.23. The van der Waals surface area contributed by atoms with Gasteiger partial charge in [-0.25, -0.2) is 4.45 Å². The van der Waals surface area contributed by atoms with Gasteiger partial charge >= 0.3 is 0 Å². The standard InChI is InChI=1S/C8H7ClIN4OP/c1-15-6-2-7(9)12-13-8(6)5-3-11-14(4-5)16-10/h2-4,16H,1H3. The van der Waals surface area contributed by atoms with Gasteiger partial charge in [-0.3, -0.25) is 0 Å². The lowest BCUT2D eigenvalue weighted by atomic mass is 10.2. The van der Waals surface area contributed by atoms with Gasteiger partial charge < -0.3 is 4.74 Å². The number of hydrogen-bond acceptors (Lipinski definition) is 4. The van der Waals surface area contributed by atoms with Crippen LogP contribution in [0.1, 0.15) is 0 Å². The molecule has 1 unspecified atom stereocenters. The van der Waals surface area contributed by atoms with Crippen molar-refractivity contribution in [1.82, 2.24) is 19.7 Å². The Bertz CT molecular complexity index is 507. The summed E-state index contributed by atoms with van der Waals surface area (Å²) in [5, 5.41) is 12.3. The van der Waals surface area contributed by atoms with Crippen molar-refractivity contribution in [1.29, 1.82) is 0 Å². The number of hydrogen-bond donors (Lipinski definition) is 0. The molecule has 0 N–H and O–H groups in total. The second-order valence-electron chi connectivity index (χ2n) is 2.84. The fraction of sp³-hybridized carbons (Fsp3) is 0.125. The third-order valence-corrected chi connectivity index (χ3v) is 3.98. The molecule has 2 rings (SSSR count). The van der Waals surface area contributed by atoms with Crippen molar-refractivity contribution in [2.45, 2.75) is 0 Å². The molecule has 0 aliphatic rings. The third-order valence-electron chi connectivity index (χ3n) is 1.89. The van der Waals surface area contributed by atoms with Gasteiger partial charge in [0, 0.05) is 17.8 Å². The monoisotopic (exact) mass is 368 g/mol. The lowest BCUT2D eigenvalue weighted by Gasteiger charge is -2.04. The van der Waals surface area contributed by atoms with Gasteiger partial charge in [0.2, 0.25) is 0 Å². The van der Waals surface area contributed by atoms with E-state index in [9.17, 15) is 0 Å². The Morgan fingerprint density at radius 2 is 2.31 bits per heavy atom. The Balaban J connectivity index is 2.46. The van der Waals surface area contributed by atoms with Gasteiger partial charge in [-0.05, 0) is 22.0 Å². The fourth-order valence-corrected chi connectivity index (χ4v) is 2.42. The molecule has 84 valence electrons. The molecular weight excluding hydrogens is 361 g/mol. The van der Waals surface area contributed by atoms with Crippen LogP contribution in [0.25, 0.3) is 11.3 Å². The maximum Gasteiger partial charge on any atom is 0.155 e. The average molecular weight is 369 g/mol. The maximum atomic E-state index is 5.74. The van der Waals surface area contributed by atoms with Gasteiger partial charge in [-0.2, -0.15) is 5.10 Å². The van der Waals surface area contributed by atoms with Crippen LogP contribution in [0.5, 0.6) is 5.75 Å². The molecule has 5 nitrogen and oxygen atoms in total. The molecule has 1 atom stereocenters. The fourth-order valence-electron chi connectivity index (χ4n) is 1.20. The molecule has 0 saturated heterocycles. The van der Waals surface area contributed by atoms with E-state index in [0.717, 1.165) is 5.56 Å². The number of methoxy groups -OCH3 is 1. The van der Waals surface area contributed by atoms with Crippen LogP contribution in [0, 0.1) is 0 Å². The average Bonchev–Trinajstić information content (AvgIpc) is 2.77. The van der Waals surface area contributed by atoms with Crippen LogP contribution in [0.4, 0.5) is 0 Å². The van der Waals surface area contributed by atoms with E-state index in [1.807, 2.05) is 10.6 Å². The Labute approximate surface area is 112 Å². The zero-order chi connectivity index (χ0) is 11.5. The van der Waals surface area contributed by atoms with Crippen LogP contribution in [-0.4, -0.2) is 26.9 Å². The van der Waals surface area contributed by atoms with Crippen LogP contribution >= 0.6 is 40.0 Å². The molecule has 8 heteroatoms. The highest BCUT2D eigenvalue weighted by molar-refractivity contribution is 14.2. The minimum atomic E-state index is 0.309. The number of aromatic nitrogens is 4. The molecule has 0 aliphatic carbocycles. The van der Waals surface area contributed by atoms with Crippen LogP contribution < -0.4 is 4.74 Å². The summed E-state index contributed by atoms with van der Waals surface area (Å²) in [5.74, 6) is 0.594. The molecule has 0 radical (unpaired) electrons. The van der Waals surface area contributed by atoms with Gasteiger partial charge in [-0.1, -0.05) is 11.6 Å². The summed E-state index contributed by atoms with van der Waals surface area (Å²) in [5.41, 5.74) is 1.51. The zero-order valence-electron chi connectivity index (χ0n) is 8.19. The van der Waals surface area contributed by atoms with Crippen LogP contribution in [0.3, 0.4) is 0 Å². The third kappa shape index (κ3) is 2.44. The molecule has 0 aliphatic heterocycles. The van der Waals surface area contributed by atoms with E-state index < -0.39 is 0 Å². The van der Waals surface area contributed by atoms with Crippen molar-refractivity contribution in [3.63, 3.8) is 0 Å². The molecule has 0 amide bonds. The molecule has 0 aromatic carbocycles. The van der Waals surface area contributed by atoms with Crippen molar-refractivity contribution >= 4 is 40.0 Å². The van der Waals surface area contributed by atoms with Crippen molar-refractivity contribution < 1.29 is 4.74 Å². The highest BCUT2D eigenvalue weighted by Crippen LogP contribution is 2.31. The van der Waals surface area contributed by atoms with E-state index in [-0.39, 0.29) is 0 Å². The van der Waals surface area contributed by atoms with Gasteiger partial charge in [0.25, 0.3) is 0 Å². The zero-order valence-corrected chi connectivity index (χ0v) is 12.1. The van der Waals surface area contributed by atoms with Crippen molar-refractivity contribution in [3.05, 3.63) is 23.6 Å². The first-order valence-corrected chi connectivity index (χ1v) is 8.67. The molecule has 2 heterocycles. The highest BCUT2D eigenvalue weighted by Gasteiger charge is 2.11. The van der Waals surface area contributed by atoms with Crippen LogP contribution in [0.15, 0.2) is 18.5 Å². The smallest absolute Gasteiger partial charge is 0.155 e. The van der Waals surface area contributed by atoms with Gasteiger partial charge in [0.05, 0.1) is 19.7 Å². The quantitative estimate of drug-likeness (QED) is 0.617. The van der Waals surface area contributed by atoms with Crippen LogP contribution in [-0.2, 0) is 0 Å². The molecule has 0 saturated carbocycles. The van der Waals surface area contributed by atoms with Crippen molar-refractivity contribution in [3.8, 4) is 17.0 Å². The summed E-state index contributed by atoms with van der Waals surface area (Å²) < 4.78 is 7.02. The lowest BCUT2D eigenvalue weighted by molar-refractivity contribution is 0.413. The largest absolute Gasteiger partial charge is 0.494 e. The molecule has 16 heavy (non-hydrogen) atoms. The molecule has 0 bridgehead atoms. The first-order chi connectivity index (χ1) is 7.74. The lowest BCUT2D eigenvalue weighted by Crippen LogP contribution is -1.93. The summed E-state index contributed by atoms with van der Waals surface area (Å²) in [4.78, 5) is 0. The minimum Gasteiger partial charge on any atom is -0.494 e. The maximum absolute atomic E-state index is 5.74. The summed E-state index contributed by atoms with van der Waals surface area (Å²) in [7, 11) is 1.57. The molecule has 2 aromatic rings. The molecule has 0 fully saturated rings. The topological polar surface area (TPSA) is 52.8 Å². The van der Waals surface area contributed by atoms with E-state index in [2.05, 4.69) is 37.3 Å². The Morgan fingerprint density at radius 3 is 2.94 bits per heavy atom. The van der Waals surface area contributed by atoms with E-state index in [1.165, 1.54) is 0 Å². The Morgan fingerprint density at radius 1 is 1.50 bits per heavy atom. The summed E-state index contributed by atoms with van der Waals surface area (Å²) in [6.07, 6.45) is 4.17. The Hall–Kier alpha value is -0.460. The minimum absolute atomic E-state index is 0.309. The van der Waals surface area contributed by atoms with Crippen LogP contribution in [0.2, 0.25) is 5.15 Å². The highest BCUT2D eigenvalue weighted by atomic mass is 127. The second kappa shape index (κ2) is 5.25.